The summed E-state index contributed by atoms with van der Waals surface area (Å²) in [4.78, 5) is 22.2. The molecule has 7 nitrogen and oxygen atoms in total. The fourth-order valence-corrected chi connectivity index (χ4v) is 5.90. The zero-order chi connectivity index (χ0) is 23.4. The number of carbonyl (C=O) groups is 1. The first kappa shape index (κ1) is 20.9. The number of rotatable bonds is 4. The quantitative estimate of drug-likeness (QED) is 0.584. The molecular formula is C25H22F2N6O. The number of halogens is 2. The zero-order valence-electron chi connectivity index (χ0n) is 18.3. The summed E-state index contributed by atoms with van der Waals surface area (Å²) in [5, 5.41) is 14.9. The molecule has 0 radical (unpaired) electrons. The number of carbonyl (C=O) groups excluding carboxylic acids is 1. The lowest BCUT2D eigenvalue weighted by Gasteiger charge is -2.51. The Labute approximate surface area is 194 Å². The molecule has 2 bridgehead atoms. The van der Waals surface area contributed by atoms with Crippen LogP contribution in [0.2, 0.25) is 0 Å². The number of pyridine rings is 1. The van der Waals surface area contributed by atoms with Crippen molar-refractivity contribution in [3.63, 3.8) is 0 Å². The van der Waals surface area contributed by atoms with Crippen molar-refractivity contribution >= 4 is 23.3 Å². The van der Waals surface area contributed by atoms with Crippen LogP contribution in [-0.2, 0) is 11.3 Å². The van der Waals surface area contributed by atoms with E-state index in [0.717, 1.165) is 30.8 Å². The number of fused-ring (bicyclic) bond motifs is 3. The minimum atomic E-state index is -0.657. The Morgan fingerprint density at radius 3 is 2.65 bits per heavy atom. The van der Waals surface area contributed by atoms with Crippen LogP contribution in [0.25, 0.3) is 11.2 Å². The first-order valence-corrected chi connectivity index (χ1v) is 11.5. The molecule has 172 valence electrons. The number of amides is 1. The molecule has 3 atom stereocenters. The summed E-state index contributed by atoms with van der Waals surface area (Å²) >= 11 is 0. The molecular weight excluding hydrogens is 438 g/mol. The van der Waals surface area contributed by atoms with Crippen LogP contribution < -0.4 is 0 Å². The summed E-state index contributed by atoms with van der Waals surface area (Å²) < 4.78 is 29.6. The van der Waals surface area contributed by atoms with Gasteiger partial charge >= 0.3 is 0 Å². The van der Waals surface area contributed by atoms with Crippen molar-refractivity contribution in [1.82, 2.24) is 19.5 Å². The van der Waals surface area contributed by atoms with Gasteiger partial charge in [-0.15, -0.1) is 0 Å². The molecule has 2 aromatic heterocycles. The standard InChI is InChI=1S/C25H22F2N6O/c26-19-6-17(7-20(27)9-19)22-1-2-31-33(22)25(34)21-8-18(15-4-16(21)5-15)12-32-13-30-24-23(32)3-14(10-28)11-29-24/h2-3,6-7,9,11,13,15-16,18,21-22H,1,4-5,8,12H2/t15?,16?,18-,21-,22?/m0/s1. The number of aromatic nitrogens is 3. The van der Waals surface area contributed by atoms with E-state index in [1.165, 1.54) is 23.3 Å². The third kappa shape index (κ3) is 3.45. The predicted molar refractivity (Wildman–Crippen MR) is 119 cm³/mol. The van der Waals surface area contributed by atoms with Crippen molar-refractivity contribution in [2.45, 2.75) is 38.3 Å². The zero-order valence-corrected chi connectivity index (χ0v) is 18.3. The van der Waals surface area contributed by atoms with Gasteiger partial charge < -0.3 is 4.57 Å². The highest BCUT2D eigenvalue weighted by molar-refractivity contribution is 5.82. The fraction of sp³-hybridized carbons (Fsp3) is 0.400. The third-order valence-electron chi connectivity index (χ3n) is 7.68. The van der Waals surface area contributed by atoms with E-state index in [1.54, 1.807) is 18.6 Å². The monoisotopic (exact) mass is 460 g/mol. The Bertz CT molecular complexity index is 1330. The van der Waals surface area contributed by atoms with Gasteiger partial charge in [0.2, 0.25) is 5.91 Å². The molecule has 3 fully saturated rings. The lowest BCUT2D eigenvalue weighted by molar-refractivity contribution is -0.147. The van der Waals surface area contributed by atoms with Crippen LogP contribution >= 0.6 is 0 Å². The van der Waals surface area contributed by atoms with Crippen molar-refractivity contribution in [2.24, 2.45) is 28.8 Å². The summed E-state index contributed by atoms with van der Waals surface area (Å²) in [5.74, 6) is -0.395. The van der Waals surface area contributed by atoms with Crippen LogP contribution in [0.5, 0.6) is 0 Å². The molecule has 34 heavy (non-hydrogen) atoms. The number of imidazole rings is 1. The second-order valence-corrected chi connectivity index (χ2v) is 9.60. The number of nitrogens with zero attached hydrogens (tertiary/aromatic N) is 6. The molecule has 3 heterocycles. The average Bonchev–Trinajstić information content (AvgIpc) is 3.44. The van der Waals surface area contributed by atoms with E-state index >= 15 is 0 Å². The highest BCUT2D eigenvalue weighted by atomic mass is 19.1. The maximum atomic E-state index is 13.8. The normalized spacial score (nSPS) is 27.6. The Morgan fingerprint density at radius 1 is 1.09 bits per heavy atom. The van der Waals surface area contributed by atoms with Crippen molar-refractivity contribution in [2.75, 3.05) is 0 Å². The number of nitriles is 1. The van der Waals surface area contributed by atoms with E-state index in [1.807, 2.05) is 4.57 Å². The average molecular weight is 460 g/mol. The second kappa shape index (κ2) is 7.97. The van der Waals surface area contributed by atoms with Gasteiger partial charge in [0.15, 0.2) is 5.65 Å². The fourth-order valence-electron chi connectivity index (χ4n) is 5.90. The molecule has 3 saturated carbocycles. The maximum Gasteiger partial charge on any atom is 0.246 e. The van der Waals surface area contributed by atoms with Crippen LogP contribution in [0.3, 0.4) is 0 Å². The minimum absolute atomic E-state index is 0.0690. The molecule has 9 heteroatoms. The molecule has 1 aliphatic heterocycles. The van der Waals surface area contributed by atoms with Crippen LogP contribution in [0.15, 0.2) is 41.9 Å². The van der Waals surface area contributed by atoms with E-state index in [4.69, 9.17) is 0 Å². The molecule has 0 N–H and O–H groups in total. The third-order valence-corrected chi connectivity index (χ3v) is 7.68. The van der Waals surface area contributed by atoms with E-state index in [2.05, 4.69) is 21.1 Å². The van der Waals surface area contributed by atoms with E-state index in [0.29, 0.717) is 47.5 Å². The van der Waals surface area contributed by atoms with Crippen LogP contribution in [0, 0.1) is 46.6 Å². The molecule has 3 aliphatic carbocycles. The van der Waals surface area contributed by atoms with Gasteiger partial charge in [-0.1, -0.05) is 0 Å². The van der Waals surface area contributed by atoms with Gasteiger partial charge in [-0.2, -0.15) is 10.4 Å². The van der Waals surface area contributed by atoms with Crippen molar-refractivity contribution in [1.29, 1.82) is 5.26 Å². The molecule has 4 aliphatic rings. The largest absolute Gasteiger partial charge is 0.329 e. The van der Waals surface area contributed by atoms with Gasteiger partial charge in [0.05, 0.1) is 23.4 Å². The summed E-state index contributed by atoms with van der Waals surface area (Å²) in [6, 6.07) is 6.82. The Morgan fingerprint density at radius 2 is 1.88 bits per heavy atom. The molecule has 0 saturated heterocycles. The number of hydrazone groups is 1. The molecule has 7 rings (SSSR count). The van der Waals surface area contributed by atoms with E-state index in [-0.39, 0.29) is 11.8 Å². The number of hydrogen-bond donors (Lipinski definition) is 0. The van der Waals surface area contributed by atoms with Crippen LogP contribution in [-0.4, -0.2) is 31.7 Å². The van der Waals surface area contributed by atoms with Crippen molar-refractivity contribution < 1.29 is 13.6 Å². The number of hydrogen-bond acceptors (Lipinski definition) is 5. The Kier molecular flexibility index (Phi) is 4.90. The predicted octanol–water partition coefficient (Wildman–Crippen LogP) is 4.20. The van der Waals surface area contributed by atoms with Crippen molar-refractivity contribution in [3.05, 3.63) is 59.6 Å². The summed E-state index contributed by atoms with van der Waals surface area (Å²) in [5.41, 5.74) is 2.33. The van der Waals surface area contributed by atoms with Crippen LogP contribution in [0.4, 0.5) is 8.78 Å². The molecule has 1 amide bonds. The summed E-state index contributed by atoms with van der Waals surface area (Å²) in [7, 11) is 0. The van der Waals surface area contributed by atoms with Gasteiger partial charge in [0, 0.05) is 37.4 Å². The lowest BCUT2D eigenvalue weighted by atomic mass is 9.55. The second-order valence-electron chi connectivity index (χ2n) is 9.60. The van der Waals surface area contributed by atoms with Crippen LogP contribution in [0.1, 0.15) is 42.9 Å². The lowest BCUT2D eigenvalue weighted by Crippen LogP contribution is -2.49. The van der Waals surface area contributed by atoms with E-state index in [9.17, 15) is 18.8 Å². The smallest absolute Gasteiger partial charge is 0.246 e. The molecule has 3 aromatic rings. The van der Waals surface area contributed by atoms with Gasteiger partial charge in [-0.25, -0.2) is 23.8 Å². The molecule has 1 aromatic carbocycles. The minimum Gasteiger partial charge on any atom is -0.329 e. The van der Waals surface area contributed by atoms with E-state index < -0.39 is 17.7 Å². The Hall–Kier alpha value is -3.67. The number of benzene rings is 1. The SMILES string of the molecule is N#Cc1cnc2ncn(C[C@@H]3C[C@H](C(=O)N4N=CCC4c4cc(F)cc(F)c4)C4CC3C4)c2c1. The highest BCUT2D eigenvalue weighted by Crippen LogP contribution is 2.53. The highest BCUT2D eigenvalue weighted by Gasteiger charge is 2.50. The molecule has 1 unspecified atom stereocenters. The van der Waals surface area contributed by atoms with Crippen molar-refractivity contribution in [3.8, 4) is 6.07 Å². The van der Waals surface area contributed by atoms with Gasteiger partial charge in [0.1, 0.15) is 17.7 Å². The first-order valence-electron chi connectivity index (χ1n) is 11.5. The van der Waals surface area contributed by atoms with Gasteiger partial charge in [-0.05, 0) is 60.8 Å². The maximum absolute atomic E-state index is 13.8. The first-order chi connectivity index (χ1) is 16.5. The molecule has 0 spiro atoms. The topological polar surface area (TPSA) is 87.2 Å². The van der Waals surface area contributed by atoms with Gasteiger partial charge in [-0.3, -0.25) is 4.79 Å². The van der Waals surface area contributed by atoms with Gasteiger partial charge in [0.25, 0.3) is 0 Å². The summed E-state index contributed by atoms with van der Waals surface area (Å²) in [6.45, 7) is 0.704. The summed E-state index contributed by atoms with van der Waals surface area (Å²) in [6.07, 6.45) is 8.07. The Balaban J connectivity index is 1.22.